The zero-order chi connectivity index (χ0) is 13.7. The Bertz CT molecular complexity index is 365. The first-order chi connectivity index (χ1) is 8.43. The van der Waals surface area contributed by atoms with Crippen molar-refractivity contribution >= 4 is 5.97 Å². The number of carbonyl (C=O) groups excluding carboxylic acids is 1. The molecule has 0 aliphatic carbocycles. The molecule has 0 fully saturated rings. The van der Waals surface area contributed by atoms with Gasteiger partial charge in [0.2, 0.25) is 0 Å². The van der Waals surface area contributed by atoms with Gasteiger partial charge in [-0.1, -0.05) is 18.2 Å². The SMILES string of the molecule is CC(C)N(C(C)C)C(C)OC(=O)c1ccccc1. The highest BCUT2D eigenvalue weighted by molar-refractivity contribution is 5.89. The molecule has 3 nitrogen and oxygen atoms in total. The van der Waals surface area contributed by atoms with Crippen molar-refractivity contribution in [2.75, 3.05) is 0 Å². The van der Waals surface area contributed by atoms with Crippen molar-refractivity contribution in [3.05, 3.63) is 35.9 Å². The van der Waals surface area contributed by atoms with Crippen LogP contribution in [0.2, 0.25) is 0 Å². The summed E-state index contributed by atoms with van der Waals surface area (Å²) < 4.78 is 5.51. The molecule has 0 heterocycles. The largest absolute Gasteiger partial charge is 0.443 e. The number of carbonyl (C=O) groups is 1. The minimum Gasteiger partial charge on any atom is -0.443 e. The highest BCUT2D eigenvalue weighted by Crippen LogP contribution is 2.13. The minimum absolute atomic E-state index is 0.224. The summed E-state index contributed by atoms with van der Waals surface area (Å²) in [7, 11) is 0. The lowest BCUT2D eigenvalue weighted by Gasteiger charge is -2.35. The van der Waals surface area contributed by atoms with E-state index >= 15 is 0 Å². The Morgan fingerprint density at radius 1 is 1.00 bits per heavy atom. The molecule has 0 aliphatic heterocycles. The normalized spacial score (nSPS) is 13.1. The van der Waals surface area contributed by atoms with Crippen LogP contribution in [-0.4, -0.2) is 29.2 Å². The monoisotopic (exact) mass is 249 g/mol. The Morgan fingerprint density at radius 3 is 1.94 bits per heavy atom. The average Bonchev–Trinajstić information content (AvgIpc) is 2.28. The van der Waals surface area contributed by atoms with Gasteiger partial charge >= 0.3 is 5.97 Å². The Balaban J connectivity index is 2.69. The molecule has 0 amide bonds. The second-order valence-corrected chi connectivity index (χ2v) is 5.01. The van der Waals surface area contributed by atoms with Crippen LogP contribution in [0.1, 0.15) is 45.0 Å². The molecule has 0 spiro atoms. The number of hydrogen-bond acceptors (Lipinski definition) is 3. The fourth-order valence-corrected chi connectivity index (χ4v) is 2.29. The lowest BCUT2D eigenvalue weighted by atomic mass is 10.2. The van der Waals surface area contributed by atoms with Gasteiger partial charge in [0, 0.05) is 12.1 Å². The summed E-state index contributed by atoms with van der Waals surface area (Å²) in [5.41, 5.74) is 0.594. The minimum atomic E-state index is -0.269. The zero-order valence-corrected chi connectivity index (χ0v) is 11.9. The maximum Gasteiger partial charge on any atom is 0.339 e. The van der Waals surface area contributed by atoms with E-state index in [4.69, 9.17) is 4.74 Å². The lowest BCUT2D eigenvalue weighted by Crippen LogP contribution is -2.45. The van der Waals surface area contributed by atoms with Crippen LogP contribution in [0.5, 0.6) is 0 Å². The van der Waals surface area contributed by atoms with E-state index in [0.717, 1.165) is 0 Å². The van der Waals surface area contributed by atoms with E-state index < -0.39 is 0 Å². The van der Waals surface area contributed by atoms with Gasteiger partial charge in [0.05, 0.1) is 5.56 Å². The van der Waals surface area contributed by atoms with Crippen molar-refractivity contribution in [3.63, 3.8) is 0 Å². The van der Waals surface area contributed by atoms with E-state index in [1.807, 2.05) is 25.1 Å². The number of nitrogens with zero attached hydrogens (tertiary/aromatic N) is 1. The smallest absolute Gasteiger partial charge is 0.339 e. The maximum absolute atomic E-state index is 12.0. The van der Waals surface area contributed by atoms with E-state index in [1.165, 1.54) is 0 Å². The molecular formula is C15H23NO2. The summed E-state index contributed by atoms with van der Waals surface area (Å²) in [4.78, 5) is 14.1. The van der Waals surface area contributed by atoms with Gasteiger partial charge in [-0.15, -0.1) is 0 Å². The molecule has 0 aromatic heterocycles. The summed E-state index contributed by atoms with van der Waals surface area (Å²) in [6.07, 6.45) is -0.224. The summed E-state index contributed by atoms with van der Waals surface area (Å²) in [6, 6.07) is 9.77. The number of esters is 1. The summed E-state index contributed by atoms with van der Waals surface area (Å²) in [5.74, 6) is -0.269. The fourth-order valence-electron chi connectivity index (χ4n) is 2.29. The topological polar surface area (TPSA) is 29.5 Å². The van der Waals surface area contributed by atoms with Gasteiger partial charge in [-0.3, -0.25) is 4.90 Å². The van der Waals surface area contributed by atoms with Crippen LogP contribution in [0.4, 0.5) is 0 Å². The van der Waals surface area contributed by atoms with Gasteiger partial charge in [-0.05, 0) is 46.8 Å². The predicted molar refractivity (Wildman–Crippen MR) is 73.4 cm³/mol. The Labute approximate surface area is 110 Å². The van der Waals surface area contributed by atoms with E-state index in [0.29, 0.717) is 17.6 Å². The fraction of sp³-hybridized carbons (Fsp3) is 0.533. The van der Waals surface area contributed by atoms with Crippen molar-refractivity contribution in [2.45, 2.75) is 52.9 Å². The third-order valence-electron chi connectivity index (χ3n) is 2.90. The highest BCUT2D eigenvalue weighted by Gasteiger charge is 2.23. The molecule has 1 aromatic carbocycles. The highest BCUT2D eigenvalue weighted by atomic mass is 16.6. The van der Waals surface area contributed by atoms with Gasteiger partial charge in [0.25, 0.3) is 0 Å². The maximum atomic E-state index is 12.0. The average molecular weight is 249 g/mol. The second-order valence-electron chi connectivity index (χ2n) is 5.01. The van der Waals surface area contributed by atoms with Crippen molar-refractivity contribution in [1.29, 1.82) is 0 Å². The molecule has 0 bridgehead atoms. The van der Waals surface area contributed by atoms with Crippen LogP contribution in [0.3, 0.4) is 0 Å². The molecular weight excluding hydrogens is 226 g/mol. The van der Waals surface area contributed by atoms with Gasteiger partial charge in [-0.25, -0.2) is 4.79 Å². The van der Waals surface area contributed by atoms with Crippen molar-refractivity contribution < 1.29 is 9.53 Å². The first-order valence-electron chi connectivity index (χ1n) is 6.47. The number of ether oxygens (including phenoxy) is 1. The summed E-state index contributed by atoms with van der Waals surface area (Å²) in [6.45, 7) is 10.3. The first-order valence-corrected chi connectivity index (χ1v) is 6.47. The van der Waals surface area contributed by atoms with E-state index in [2.05, 4.69) is 32.6 Å². The van der Waals surface area contributed by atoms with Crippen LogP contribution >= 0.6 is 0 Å². The lowest BCUT2D eigenvalue weighted by molar-refractivity contribution is -0.0489. The molecule has 0 radical (unpaired) electrons. The van der Waals surface area contributed by atoms with Crippen LogP contribution < -0.4 is 0 Å². The summed E-state index contributed by atoms with van der Waals surface area (Å²) >= 11 is 0. The van der Waals surface area contributed by atoms with Gasteiger partial charge in [-0.2, -0.15) is 0 Å². The molecule has 0 N–H and O–H groups in total. The van der Waals surface area contributed by atoms with Crippen molar-refractivity contribution in [2.24, 2.45) is 0 Å². The van der Waals surface area contributed by atoms with Gasteiger partial charge in [0.15, 0.2) is 6.23 Å². The van der Waals surface area contributed by atoms with Crippen molar-refractivity contribution in [3.8, 4) is 0 Å². The van der Waals surface area contributed by atoms with E-state index in [-0.39, 0.29) is 12.2 Å². The quantitative estimate of drug-likeness (QED) is 0.592. The number of hydrogen-bond donors (Lipinski definition) is 0. The molecule has 1 rings (SSSR count). The van der Waals surface area contributed by atoms with Crippen LogP contribution in [0, 0.1) is 0 Å². The Kier molecular flexibility index (Phi) is 5.35. The Hall–Kier alpha value is -1.35. The molecule has 100 valence electrons. The Morgan fingerprint density at radius 2 is 1.50 bits per heavy atom. The molecule has 1 unspecified atom stereocenters. The van der Waals surface area contributed by atoms with Gasteiger partial charge in [0.1, 0.15) is 0 Å². The number of rotatable bonds is 5. The van der Waals surface area contributed by atoms with E-state index in [9.17, 15) is 4.79 Å². The van der Waals surface area contributed by atoms with Crippen molar-refractivity contribution in [1.82, 2.24) is 4.90 Å². The third kappa shape index (κ3) is 3.84. The molecule has 1 atom stereocenters. The second kappa shape index (κ2) is 6.55. The molecule has 18 heavy (non-hydrogen) atoms. The molecule has 1 aromatic rings. The van der Waals surface area contributed by atoms with E-state index in [1.54, 1.807) is 12.1 Å². The third-order valence-corrected chi connectivity index (χ3v) is 2.90. The predicted octanol–water partition coefficient (Wildman–Crippen LogP) is 3.31. The molecule has 0 aliphatic rings. The summed E-state index contributed by atoms with van der Waals surface area (Å²) in [5, 5.41) is 0. The molecule has 0 saturated carbocycles. The molecule has 0 saturated heterocycles. The first kappa shape index (κ1) is 14.7. The molecule has 3 heteroatoms. The van der Waals surface area contributed by atoms with Gasteiger partial charge < -0.3 is 4.74 Å². The number of benzene rings is 1. The van der Waals surface area contributed by atoms with Crippen LogP contribution in [0.15, 0.2) is 30.3 Å². The van der Waals surface area contributed by atoms with Crippen LogP contribution in [0.25, 0.3) is 0 Å². The zero-order valence-electron chi connectivity index (χ0n) is 11.9. The standard InChI is InChI=1S/C15H23NO2/c1-11(2)16(12(3)4)13(5)18-15(17)14-9-7-6-8-10-14/h6-13H,1-5H3. The van der Waals surface area contributed by atoms with Crippen LogP contribution in [-0.2, 0) is 4.74 Å².